The van der Waals surface area contributed by atoms with Crippen molar-refractivity contribution in [1.29, 1.82) is 0 Å². The molecule has 0 aliphatic carbocycles. The van der Waals surface area contributed by atoms with Crippen LogP contribution in [0.15, 0.2) is 12.2 Å². The highest BCUT2D eigenvalue weighted by atomic mass is 16.6. The Balaban J connectivity index is 4.67. The van der Waals surface area contributed by atoms with Gasteiger partial charge in [0, 0.05) is 11.0 Å². The minimum Gasteiger partial charge on any atom is -0.456 e. The van der Waals surface area contributed by atoms with Crippen molar-refractivity contribution in [2.75, 3.05) is 0 Å². The normalized spacial score (nSPS) is 12.4. The van der Waals surface area contributed by atoms with Crippen LogP contribution in [0.1, 0.15) is 54.4 Å². The van der Waals surface area contributed by atoms with Crippen LogP contribution in [0.3, 0.4) is 0 Å². The number of rotatable bonds is 5. The Morgan fingerprint density at radius 2 is 1.73 bits per heavy atom. The smallest absolute Gasteiger partial charge is 0.333 e. The molecule has 0 N–H and O–H groups in total. The highest BCUT2D eigenvalue weighted by Gasteiger charge is 2.39. The number of carbonyl (C=O) groups is 1. The molecule has 0 heterocycles. The first-order chi connectivity index (χ1) is 6.64. The van der Waals surface area contributed by atoms with Gasteiger partial charge in [0.1, 0.15) is 5.60 Å². The Morgan fingerprint density at radius 3 is 2.07 bits per heavy atom. The second kappa shape index (κ2) is 4.82. The van der Waals surface area contributed by atoms with Crippen molar-refractivity contribution < 1.29 is 9.53 Å². The van der Waals surface area contributed by atoms with Gasteiger partial charge in [-0.3, -0.25) is 0 Å². The summed E-state index contributed by atoms with van der Waals surface area (Å²) in [6.07, 6.45) is 2.12. The van der Waals surface area contributed by atoms with E-state index in [9.17, 15) is 4.79 Å². The fourth-order valence-corrected chi connectivity index (χ4v) is 1.38. The van der Waals surface area contributed by atoms with E-state index in [1.54, 1.807) is 6.92 Å². The summed E-state index contributed by atoms with van der Waals surface area (Å²) in [5, 5.41) is 0. The Kier molecular flexibility index (Phi) is 4.57. The molecule has 2 heteroatoms. The summed E-state index contributed by atoms with van der Waals surface area (Å²) in [5.74, 6) is -0.302. The average molecular weight is 212 g/mol. The van der Waals surface area contributed by atoms with Gasteiger partial charge in [-0.1, -0.05) is 33.8 Å². The first-order valence-electron chi connectivity index (χ1n) is 5.53. The number of hydrogen-bond acceptors (Lipinski definition) is 2. The van der Waals surface area contributed by atoms with Crippen molar-refractivity contribution in [1.82, 2.24) is 0 Å². The fraction of sp³-hybridized carbons (Fsp3) is 0.769. The Bertz CT molecular complexity index is 249. The average Bonchev–Trinajstić information content (AvgIpc) is 2.02. The van der Waals surface area contributed by atoms with E-state index in [0.29, 0.717) is 5.57 Å². The molecule has 0 aliphatic rings. The molecule has 0 saturated heterocycles. The third-order valence-electron chi connectivity index (χ3n) is 3.20. The monoisotopic (exact) mass is 212 g/mol. The minimum atomic E-state index is -0.459. The summed E-state index contributed by atoms with van der Waals surface area (Å²) < 4.78 is 5.48. The highest BCUT2D eigenvalue weighted by Crippen LogP contribution is 2.38. The SMILES string of the molecule is C=C(C)C(=O)OC(C)(C)C(C)(C)CCC. The molecule has 0 aromatic rings. The van der Waals surface area contributed by atoms with E-state index in [0.717, 1.165) is 12.8 Å². The van der Waals surface area contributed by atoms with Gasteiger partial charge in [0.05, 0.1) is 0 Å². The second-order valence-corrected chi connectivity index (χ2v) is 5.31. The number of esters is 1. The van der Waals surface area contributed by atoms with Crippen LogP contribution in [0.2, 0.25) is 0 Å². The van der Waals surface area contributed by atoms with Gasteiger partial charge >= 0.3 is 5.97 Å². The molecule has 0 aliphatic heterocycles. The standard InChI is InChI=1S/C13H24O2/c1-8-9-12(4,5)13(6,7)15-11(14)10(2)3/h2,8-9H2,1,3-7H3. The summed E-state index contributed by atoms with van der Waals surface area (Å²) in [5.41, 5.74) is -0.0262. The van der Waals surface area contributed by atoms with Crippen LogP contribution in [-0.2, 0) is 9.53 Å². The third kappa shape index (κ3) is 3.69. The first-order valence-corrected chi connectivity index (χ1v) is 5.53. The molecule has 0 aromatic heterocycles. The summed E-state index contributed by atoms with van der Waals surface area (Å²) in [6, 6.07) is 0. The van der Waals surface area contributed by atoms with E-state index in [4.69, 9.17) is 4.74 Å². The largest absolute Gasteiger partial charge is 0.456 e. The zero-order chi connectivity index (χ0) is 12.3. The lowest BCUT2D eigenvalue weighted by Gasteiger charge is -2.41. The molecule has 0 fully saturated rings. The lowest BCUT2D eigenvalue weighted by molar-refractivity contribution is -0.164. The van der Waals surface area contributed by atoms with Crippen molar-refractivity contribution in [3.63, 3.8) is 0 Å². The van der Waals surface area contributed by atoms with E-state index in [-0.39, 0.29) is 11.4 Å². The third-order valence-corrected chi connectivity index (χ3v) is 3.20. The molecule has 0 amide bonds. The molecule has 2 nitrogen and oxygen atoms in total. The van der Waals surface area contributed by atoms with E-state index in [1.807, 2.05) is 13.8 Å². The van der Waals surface area contributed by atoms with Gasteiger partial charge in [0.25, 0.3) is 0 Å². The number of carbonyl (C=O) groups excluding carboxylic acids is 1. The molecule has 0 aromatic carbocycles. The summed E-state index contributed by atoms with van der Waals surface area (Å²) in [7, 11) is 0. The summed E-state index contributed by atoms with van der Waals surface area (Å²) >= 11 is 0. The van der Waals surface area contributed by atoms with Crippen LogP contribution >= 0.6 is 0 Å². The predicted molar refractivity (Wildman–Crippen MR) is 63.7 cm³/mol. The van der Waals surface area contributed by atoms with Crippen molar-refractivity contribution in [2.45, 2.75) is 60.0 Å². The van der Waals surface area contributed by atoms with Crippen LogP contribution in [0.5, 0.6) is 0 Å². The molecule has 0 unspecified atom stereocenters. The summed E-state index contributed by atoms with van der Waals surface area (Å²) in [6.45, 7) is 15.6. The maximum absolute atomic E-state index is 11.5. The van der Waals surface area contributed by atoms with Gasteiger partial charge in [-0.05, 0) is 27.2 Å². The van der Waals surface area contributed by atoms with Crippen LogP contribution < -0.4 is 0 Å². The quantitative estimate of drug-likeness (QED) is 0.513. The molecule has 0 saturated carbocycles. The zero-order valence-corrected chi connectivity index (χ0v) is 10.9. The molecule has 0 bridgehead atoms. The lowest BCUT2D eigenvalue weighted by Crippen LogP contribution is -2.43. The lowest BCUT2D eigenvalue weighted by atomic mass is 9.74. The van der Waals surface area contributed by atoms with Crippen molar-refractivity contribution >= 4 is 5.97 Å². The minimum absolute atomic E-state index is 0.0210. The molecular formula is C13H24O2. The predicted octanol–water partition coefficient (Wildman–Crippen LogP) is 3.71. The molecule has 0 rings (SSSR count). The number of hydrogen-bond donors (Lipinski definition) is 0. The topological polar surface area (TPSA) is 26.3 Å². The van der Waals surface area contributed by atoms with Gasteiger partial charge < -0.3 is 4.74 Å². The van der Waals surface area contributed by atoms with Crippen molar-refractivity contribution in [3.05, 3.63) is 12.2 Å². The molecule has 88 valence electrons. The van der Waals surface area contributed by atoms with Crippen LogP contribution in [0.25, 0.3) is 0 Å². The first kappa shape index (κ1) is 14.2. The van der Waals surface area contributed by atoms with E-state index >= 15 is 0 Å². The maximum atomic E-state index is 11.5. The van der Waals surface area contributed by atoms with Crippen molar-refractivity contribution in [2.24, 2.45) is 5.41 Å². The number of ether oxygens (including phenoxy) is 1. The zero-order valence-electron chi connectivity index (χ0n) is 10.9. The molecule has 0 radical (unpaired) electrons. The van der Waals surface area contributed by atoms with Crippen molar-refractivity contribution in [3.8, 4) is 0 Å². The van der Waals surface area contributed by atoms with E-state index in [2.05, 4.69) is 27.4 Å². The summed E-state index contributed by atoms with van der Waals surface area (Å²) in [4.78, 5) is 11.5. The Morgan fingerprint density at radius 1 is 1.27 bits per heavy atom. The van der Waals surface area contributed by atoms with Crippen LogP contribution in [0.4, 0.5) is 0 Å². The van der Waals surface area contributed by atoms with Gasteiger partial charge in [0.15, 0.2) is 0 Å². The second-order valence-electron chi connectivity index (χ2n) is 5.31. The molecule has 15 heavy (non-hydrogen) atoms. The van der Waals surface area contributed by atoms with E-state index < -0.39 is 5.60 Å². The van der Waals surface area contributed by atoms with Gasteiger partial charge in [-0.25, -0.2) is 4.79 Å². The van der Waals surface area contributed by atoms with Gasteiger partial charge in [0.2, 0.25) is 0 Å². The Labute approximate surface area is 93.7 Å². The highest BCUT2D eigenvalue weighted by molar-refractivity contribution is 5.87. The fourth-order valence-electron chi connectivity index (χ4n) is 1.38. The molecular weight excluding hydrogens is 188 g/mol. The molecule has 0 spiro atoms. The van der Waals surface area contributed by atoms with E-state index in [1.165, 1.54) is 0 Å². The van der Waals surface area contributed by atoms with Crippen LogP contribution in [0, 0.1) is 5.41 Å². The molecule has 0 atom stereocenters. The van der Waals surface area contributed by atoms with Crippen LogP contribution in [-0.4, -0.2) is 11.6 Å². The van der Waals surface area contributed by atoms with Gasteiger partial charge in [-0.2, -0.15) is 0 Å². The maximum Gasteiger partial charge on any atom is 0.333 e. The van der Waals surface area contributed by atoms with Gasteiger partial charge in [-0.15, -0.1) is 0 Å². The Hall–Kier alpha value is -0.790.